The highest BCUT2D eigenvalue weighted by Crippen LogP contribution is 2.46. The molecule has 0 radical (unpaired) electrons. The SMILES string of the molecule is C=C(C)C1CCC(C)=CC1C1=C(O)C=C(CCCCC)C(c2noc(C)n2)C1O. The molecule has 0 fully saturated rings. The highest BCUT2D eigenvalue weighted by molar-refractivity contribution is 5.43. The van der Waals surface area contributed by atoms with Crippen molar-refractivity contribution in [3.05, 3.63) is 58.5 Å². The first kappa shape index (κ1) is 21.6. The van der Waals surface area contributed by atoms with Crippen LogP contribution in [-0.4, -0.2) is 26.5 Å². The molecule has 0 aromatic carbocycles. The van der Waals surface area contributed by atoms with E-state index in [0.29, 0.717) is 17.3 Å². The summed E-state index contributed by atoms with van der Waals surface area (Å²) in [5, 5.41) is 26.6. The topological polar surface area (TPSA) is 79.4 Å². The number of aliphatic hydroxyl groups is 2. The summed E-state index contributed by atoms with van der Waals surface area (Å²) in [6.45, 7) is 12.2. The Morgan fingerprint density at radius 2 is 2.07 bits per heavy atom. The van der Waals surface area contributed by atoms with Crippen molar-refractivity contribution in [1.29, 1.82) is 0 Å². The molecule has 1 heterocycles. The smallest absolute Gasteiger partial charge is 0.223 e. The van der Waals surface area contributed by atoms with Crippen LogP contribution < -0.4 is 0 Å². The van der Waals surface area contributed by atoms with Crippen LogP contribution >= 0.6 is 0 Å². The molecule has 0 spiro atoms. The van der Waals surface area contributed by atoms with E-state index in [9.17, 15) is 10.2 Å². The van der Waals surface area contributed by atoms with E-state index in [-0.39, 0.29) is 17.6 Å². The third-order valence-electron chi connectivity index (χ3n) is 6.28. The van der Waals surface area contributed by atoms with Gasteiger partial charge in [-0.3, -0.25) is 0 Å². The maximum atomic E-state index is 11.5. The zero-order valence-corrected chi connectivity index (χ0v) is 18.1. The molecule has 0 saturated heterocycles. The van der Waals surface area contributed by atoms with Crippen molar-refractivity contribution in [1.82, 2.24) is 10.1 Å². The monoisotopic (exact) mass is 398 g/mol. The van der Waals surface area contributed by atoms with Gasteiger partial charge in [0.1, 0.15) is 5.76 Å². The third kappa shape index (κ3) is 4.55. The van der Waals surface area contributed by atoms with Crippen LogP contribution in [0.4, 0.5) is 0 Å². The summed E-state index contributed by atoms with van der Waals surface area (Å²) in [6, 6.07) is 0. The zero-order valence-electron chi connectivity index (χ0n) is 18.1. The number of nitrogens with zero attached hydrogens (tertiary/aromatic N) is 2. The third-order valence-corrected chi connectivity index (χ3v) is 6.28. The fraction of sp³-hybridized carbons (Fsp3) is 0.583. The number of hydrogen-bond donors (Lipinski definition) is 2. The second-order valence-electron chi connectivity index (χ2n) is 8.64. The van der Waals surface area contributed by atoms with Crippen molar-refractivity contribution in [3.8, 4) is 0 Å². The Morgan fingerprint density at radius 3 is 2.69 bits per heavy atom. The van der Waals surface area contributed by atoms with E-state index >= 15 is 0 Å². The average molecular weight is 399 g/mol. The fourth-order valence-electron chi connectivity index (χ4n) is 4.73. The molecule has 1 aromatic heterocycles. The Bertz CT molecular complexity index is 846. The van der Waals surface area contributed by atoms with E-state index < -0.39 is 12.0 Å². The molecule has 3 rings (SSSR count). The van der Waals surface area contributed by atoms with Crippen LogP contribution in [0.3, 0.4) is 0 Å². The highest BCUT2D eigenvalue weighted by atomic mass is 16.5. The van der Waals surface area contributed by atoms with E-state index in [4.69, 9.17) is 4.52 Å². The summed E-state index contributed by atoms with van der Waals surface area (Å²) in [4.78, 5) is 4.42. The van der Waals surface area contributed by atoms with E-state index in [1.54, 1.807) is 6.92 Å². The van der Waals surface area contributed by atoms with Crippen molar-refractivity contribution < 1.29 is 14.7 Å². The summed E-state index contributed by atoms with van der Waals surface area (Å²) >= 11 is 0. The maximum absolute atomic E-state index is 11.5. The van der Waals surface area contributed by atoms with Gasteiger partial charge in [-0.15, -0.1) is 0 Å². The van der Waals surface area contributed by atoms with Gasteiger partial charge in [0.25, 0.3) is 0 Å². The van der Waals surface area contributed by atoms with Crippen LogP contribution in [0.2, 0.25) is 0 Å². The van der Waals surface area contributed by atoms with Crippen LogP contribution in [0.15, 0.2) is 51.3 Å². The second-order valence-corrected chi connectivity index (χ2v) is 8.64. The first-order valence-corrected chi connectivity index (χ1v) is 10.8. The Kier molecular flexibility index (Phi) is 6.78. The molecule has 5 heteroatoms. The summed E-state index contributed by atoms with van der Waals surface area (Å²) in [5.41, 5.74) is 3.99. The van der Waals surface area contributed by atoms with E-state index in [0.717, 1.165) is 49.7 Å². The van der Waals surface area contributed by atoms with E-state index in [2.05, 4.69) is 36.6 Å². The first-order chi connectivity index (χ1) is 13.8. The van der Waals surface area contributed by atoms with Crippen molar-refractivity contribution >= 4 is 0 Å². The molecule has 0 bridgehead atoms. The van der Waals surface area contributed by atoms with Gasteiger partial charge in [-0.2, -0.15) is 4.98 Å². The molecule has 158 valence electrons. The number of unbranched alkanes of at least 4 members (excludes halogenated alkanes) is 2. The molecule has 2 aliphatic carbocycles. The molecule has 0 saturated carbocycles. The van der Waals surface area contributed by atoms with Gasteiger partial charge in [-0.25, -0.2) is 0 Å². The van der Waals surface area contributed by atoms with Gasteiger partial charge in [0.05, 0.1) is 12.0 Å². The van der Waals surface area contributed by atoms with Crippen LogP contribution in [-0.2, 0) is 0 Å². The van der Waals surface area contributed by atoms with Gasteiger partial charge in [-0.05, 0) is 51.5 Å². The first-order valence-electron chi connectivity index (χ1n) is 10.8. The Hall–Kier alpha value is -2.14. The molecule has 5 nitrogen and oxygen atoms in total. The zero-order chi connectivity index (χ0) is 21.1. The molecule has 0 amide bonds. The number of aryl methyl sites for hydroxylation is 1. The number of hydrogen-bond acceptors (Lipinski definition) is 5. The predicted molar refractivity (Wildman–Crippen MR) is 114 cm³/mol. The van der Waals surface area contributed by atoms with Gasteiger partial charge in [0.2, 0.25) is 5.89 Å². The molecule has 4 unspecified atom stereocenters. The Morgan fingerprint density at radius 1 is 1.31 bits per heavy atom. The van der Waals surface area contributed by atoms with E-state index in [1.165, 1.54) is 5.57 Å². The summed E-state index contributed by atoms with van der Waals surface area (Å²) < 4.78 is 5.22. The highest BCUT2D eigenvalue weighted by Gasteiger charge is 2.41. The van der Waals surface area contributed by atoms with Gasteiger partial charge in [0.15, 0.2) is 5.82 Å². The van der Waals surface area contributed by atoms with Gasteiger partial charge in [-0.1, -0.05) is 54.3 Å². The minimum absolute atomic E-state index is 0.0693. The van der Waals surface area contributed by atoms with Crippen molar-refractivity contribution in [2.24, 2.45) is 11.8 Å². The lowest BCUT2D eigenvalue weighted by Crippen LogP contribution is -2.34. The molecular weight excluding hydrogens is 364 g/mol. The van der Waals surface area contributed by atoms with Gasteiger partial charge in [0, 0.05) is 18.4 Å². The Labute approximate surface area is 173 Å². The molecule has 2 aliphatic rings. The minimum Gasteiger partial charge on any atom is -0.508 e. The fourth-order valence-corrected chi connectivity index (χ4v) is 4.73. The largest absolute Gasteiger partial charge is 0.508 e. The van der Waals surface area contributed by atoms with Gasteiger partial charge < -0.3 is 14.7 Å². The lowest BCUT2D eigenvalue weighted by molar-refractivity contribution is 0.156. The summed E-state index contributed by atoms with van der Waals surface area (Å²) in [5.74, 6) is 0.896. The lowest BCUT2D eigenvalue weighted by Gasteiger charge is -2.38. The van der Waals surface area contributed by atoms with Crippen molar-refractivity contribution in [2.45, 2.75) is 78.2 Å². The molecule has 2 N–H and O–H groups in total. The molecule has 0 aliphatic heterocycles. The van der Waals surface area contributed by atoms with Crippen molar-refractivity contribution in [3.63, 3.8) is 0 Å². The van der Waals surface area contributed by atoms with Crippen LogP contribution in [0.5, 0.6) is 0 Å². The minimum atomic E-state index is -0.886. The second kappa shape index (κ2) is 9.12. The van der Waals surface area contributed by atoms with E-state index in [1.807, 2.05) is 13.0 Å². The average Bonchev–Trinajstić information content (AvgIpc) is 3.07. The summed E-state index contributed by atoms with van der Waals surface area (Å²) in [7, 11) is 0. The van der Waals surface area contributed by atoms with Crippen LogP contribution in [0.1, 0.15) is 76.9 Å². The molecule has 29 heavy (non-hydrogen) atoms. The van der Waals surface area contributed by atoms with Crippen LogP contribution in [0.25, 0.3) is 0 Å². The predicted octanol–water partition coefficient (Wildman–Crippen LogP) is 5.70. The van der Waals surface area contributed by atoms with Crippen molar-refractivity contribution in [2.75, 3.05) is 0 Å². The normalized spacial score (nSPS) is 27.6. The number of aliphatic hydroxyl groups excluding tert-OH is 2. The lowest BCUT2D eigenvalue weighted by atomic mass is 9.68. The number of rotatable bonds is 7. The molecule has 4 atom stereocenters. The standard InChI is InChI=1S/C24H34N2O3/c1-6-7-8-9-17-13-20(27)22(19-12-15(4)10-11-18(19)14(2)3)23(28)21(17)24-25-16(5)29-26-24/h12-13,18-19,21,23,27-28H,2,6-11H2,1,3-5H3. The van der Waals surface area contributed by atoms with Gasteiger partial charge >= 0.3 is 0 Å². The Balaban J connectivity index is 2.05. The molecular formula is C24H34N2O3. The quantitative estimate of drug-likeness (QED) is 0.455. The molecule has 1 aromatic rings. The summed E-state index contributed by atoms with van der Waals surface area (Å²) in [6.07, 6.45) is 9.14. The van der Waals surface area contributed by atoms with Crippen LogP contribution in [0, 0.1) is 18.8 Å². The number of allylic oxidation sites excluding steroid dienone is 4. The number of aromatic nitrogens is 2. The maximum Gasteiger partial charge on any atom is 0.223 e.